The summed E-state index contributed by atoms with van der Waals surface area (Å²) in [6.45, 7) is 0. The van der Waals surface area contributed by atoms with Gasteiger partial charge in [0.25, 0.3) is 5.91 Å². The molecule has 1 aromatic heterocycles. The molecule has 1 heterocycles. The first-order valence-electron chi connectivity index (χ1n) is 11.4. The van der Waals surface area contributed by atoms with Crippen LogP contribution in [0, 0.1) is 0 Å². The van der Waals surface area contributed by atoms with Crippen LogP contribution in [0.3, 0.4) is 0 Å². The SMILES string of the molecule is COC(=O)Cc1ccc(-c2ccccc2NC(=O)c2cccc(-c3ccc(OC)c(OC)c3OC)c2)s1. The van der Waals surface area contributed by atoms with Crippen molar-refractivity contribution in [2.75, 3.05) is 33.8 Å². The van der Waals surface area contributed by atoms with Crippen LogP contribution in [0.4, 0.5) is 5.69 Å². The number of amides is 1. The molecule has 3 aromatic carbocycles. The van der Waals surface area contributed by atoms with Crippen molar-refractivity contribution in [3.8, 4) is 38.8 Å². The molecule has 1 N–H and O–H groups in total. The lowest BCUT2D eigenvalue weighted by molar-refractivity contribution is -0.139. The van der Waals surface area contributed by atoms with Crippen LogP contribution in [0.15, 0.2) is 72.8 Å². The van der Waals surface area contributed by atoms with Crippen molar-refractivity contribution < 1.29 is 28.5 Å². The summed E-state index contributed by atoms with van der Waals surface area (Å²) >= 11 is 1.49. The van der Waals surface area contributed by atoms with E-state index < -0.39 is 0 Å². The third-order valence-corrected chi connectivity index (χ3v) is 6.91. The van der Waals surface area contributed by atoms with E-state index in [2.05, 4.69) is 5.32 Å². The lowest BCUT2D eigenvalue weighted by Gasteiger charge is -2.16. The molecule has 0 saturated carbocycles. The van der Waals surface area contributed by atoms with E-state index in [9.17, 15) is 9.59 Å². The molecule has 0 aliphatic heterocycles. The first-order valence-corrected chi connectivity index (χ1v) is 12.3. The highest BCUT2D eigenvalue weighted by atomic mass is 32.1. The standard InChI is InChI=1S/C29H27NO6S/c1-33-24-14-13-21(27(35-3)28(24)36-4)18-8-7-9-19(16-18)29(32)30-23-11-6-5-10-22(23)25-15-12-20(37-25)17-26(31)34-2/h5-16H,17H2,1-4H3,(H,30,32). The van der Waals surface area contributed by atoms with Gasteiger partial charge in [0.1, 0.15) is 0 Å². The van der Waals surface area contributed by atoms with Crippen LogP contribution in [0.5, 0.6) is 17.2 Å². The number of hydrogen-bond acceptors (Lipinski definition) is 7. The van der Waals surface area contributed by atoms with E-state index in [0.717, 1.165) is 26.4 Å². The number of rotatable bonds is 9. The summed E-state index contributed by atoms with van der Waals surface area (Å²) in [6, 6.07) is 22.4. The molecule has 0 atom stereocenters. The molecule has 0 spiro atoms. The van der Waals surface area contributed by atoms with Gasteiger partial charge in [-0.2, -0.15) is 0 Å². The Bertz CT molecular complexity index is 1430. The minimum Gasteiger partial charge on any atom is -0.493 e. The molecule has 0 unspecified atom stereocenters. The van der Waals surface area contributed by atoms with E-state index in [0.29, 0.717) is 28.5 Å². The molecule has 4 aromatic rings. The number of thiophene rings is 1. The Morgan fingerprint density at radius 1 is 0.784 bits per heavy atom. The first kappa shape index (κ1) is 25.8. The summed E-state index contributed by atoms with van der Waals surface area (Å²) in [5, 5.41) is 3.03. The molecule has 0 radical (unpaired) electrons. The minimum atomic E-state index is -0.291. The average molecular weight is 518 g/mol. The smallest absolute Gasteiger partial charge is 0.310 e. The summed E-state index contributed by atoms with van der Waals surface area (Å²) in [7, 11) is 6.06. The highest BCUT2D eigenvalue weighted by Crippen LogP contribution is 2.44. The number of para-hydroxylation sites is 1. The molecule has 0 saturated heterocycles. The van der Waals surface area contributed by atoms with Gasteiger partial charge in [-0.25, -0.2) is 0 Å². The van der Waals surface area contributed by atoms with Gasteiger partial charge in [0.15, 0.2) is 11.5 Å². The zero-order valence-corrected chi connectivity index (χ0v) is 21.8. The Labute approximate surface area is 219 Å². The predicted octanol–water partition coefficient (Wildman–Crippen LogP) is 6.08. The number of nitrogens with one attached hydrogen (secondary N) is 1. The maximum absolute atomic E-state index is 13.3. The van der Waals surface area contributed by atoms with Crippen LogP contribution < -0.4 is 19.5 Å². The van der Waals surface area contributed by atoms with Crippen molar-refractivity contribution in [3.05, 3.63) is 83.2 Å². The maximum atomic E-state index is 13.3. The molecule has 4 rings (SSSR count). The Kier molecular flexibility index (Phi) is 8.10. The van der Waals surface area contributed by atoms with Gasteiger partial charge in [0.05, 0.1) is 34.9 Å². The molecule has 37 heavy (non-hydrogen) atoms. The zero-order chi connectivity index (χ0) is 26.4. The first-order chi connectivity index (χ1) is 18.0. The maximum Gasteiger partial charge on any atom is 0.310 e. The molecule has 1 amide bonds. The van der Waals surface area contributed by atoms with Crippen molar-refractivity contribution in [1.29, 1.82) is 0 Å². The molecular formula is C29H27NO6S. The summed E-state index contributed by atoms with van der Waals surface area (Å²) in [5.74, 6) is 1.01. The molecular weight excluding hydrogens is 490 g/mol. The normalized spacial score (nSPS) is 10.5. The van der Waals surface area contributed by atoms with Gasteiger partial charge in [0, 0.05) is 32.1 Å². The van der Waals surface area contributed by atoms with E-state index in [1.165, 1.54) is 18.4 Å². The topological polar surface area (TPSA) is 83.1 Å². The van der Waals surface area contributed by atoms with Crippen molar-refractivity contribution >= 4 is 28.9 Å². The van der Waals surface area contributed by atoms with Gasteiger partial charge in [-0.05, 0) is 48.0 Å². The van der Waals surface area contributed by atoms with Crippen molar-refractivity contribution in [2.45, 2.75) is 6.42 Å². The monoisotopic (exact) mass is 517 g/mol. The molecule has 0 aliphatic rings. The fourth-order valence-corrected chi connectivity index (χ4v) is 5.02. The highest BCUT2D eigenvalue weighted by Gasteiger charge is 2.19. The van der Waals surface area contributed by atoms with Crippen LogP contribution in [-0.4, -0.2) is 40.3 Å². The van der Waals surface area contributed by atoms with Gasteiger partial charge in [-0.15, -0.1) is 11.3 Å². The number of anilines is 1. The predicted molar refractivity (Wildman–Crippen MR) is 145 cm³/mol. The van der Waals surface area contributed by atoms with Gasteiger partial charge in [0.2, 0.25) is 5.75 Å². The lowest BCUT2D eigenvalue weighted by atomic mass is 10.0. The second-order valence-corrected chi connectivity index (χ2v) is 9.15. The van der Waals surface area contributed by atoms with E-state index in [1.54, 1.807) is 39.5 Å². The second-order valence-electron chi connectivity index (χ2n) is 7.98. The summed E-state index contributed by atoms with van der Waals surface area (Å²) in [5.41, 5.74) is 3.60. The molecule has 0 bridgehead atoms. The average Bonchev–Trinajstić information content (AvgIpc) is 3.40. The number of benzene rings is 3. The molecule has 8 heteroatoms. The molecule has 7 nitrogen and oxygen atoms in total. The Balaban J connectivity index is 1.62. The zero-order valence-electron chi connectivity index (χ0n) is 21.0. The molecule has 190 valence electrons. The van der Waals surface area contributed by atoms with Gasteiger partial charge >= 0.3 is 5.97 Å². The third kappa shape index (κ3) is 5.59. The number of methoxy groups -OCH3 is 4. The van der Waals surface area contributed by atoms with E-state index in [1.807, 2.05) is 54.6 Å². The number of carbonyl (C=O) groups is 2. The highest BCUT2D eigenvalue weighted by molar-refractivity contribution is 7.15. The van der Waals surface area contributed by atoms with Crippen LogP contribution >= 0.6 is 11.3 Å². The van der Waals surface area contributed by atoms with Gasteiger partial charge < -0.3 is 24.3 Å². The quantitative estimate of drug-likeness (QED) is 0.271. The number of esters is 1. The van der Waals surface area contributed by atoms with Crippen molar-refractivity contribution in [3.63, 3.8) is 0 Å². The van der Waals surface area contributed by atoms with E-state index in [4.69, 9.17) is 18.9 Å². The van der Waals surface area contributed by atoms with E-state index >= 15 is 0 Å². The summed E-state index contributed by atoms with van der Waals surface area (Å²) < 4.78 is 21.3. The van der Waals surface area contributed by atoms with Crippen LogP contribution in [0.2, 0.25) is 0 Å². The minimum absolute atomic E-state index is 0.210. The fourth-order valence-electron chi connectivity index (χ4n) is 3.99. The van der Waals surface area contributed by atoms with Crippen LogP contribution in [0.1, 0.15) is 15.2 Å². The summed E-state index contributed by atoms with van der Waals surface area (Å²) in [4.78, 5) is 26.8. The fraction of sp³-hybridized carbons (Fsp3) is 0.172. The van der Waals surface area contributed by atoms with Crippen molar-refractivity contribution in [1.82, 2.24) is 0 Å². The Hall–Kier alpha value is -4.30. The Morgan fingerprint density at radius 2 is 1.57 bits per heavy atom. The third-order valence-electron chi connectivity index (χ3n) is 5.79. The number of hydrogen-bond donors (Lipinski definition) is 1. The molecule has 0 aliphatic carbocycles. The summed E-state index contributed by atoms with van der Waals surface area (Å²) in [6.07, 6.45) is 0.210. The van der Waals surface area contributed by atoms with Gasteiger partial charge in [-0.1, -0.05) is 30.3 Å². The van der Waals surface area contributed by atoms with Crippen LogP contribution in [0.25, 0.3) is 21.6 Å². The van der Waals surface area contributed by atoms with Gasteiger partial charge in [-0.3, -0.25) is 9.59 Å². The van der Waals surface area contributed by atoms with Crippen LogP contribution in [-0.2, 0) is 16.0 Å². The van der Waals surface area contributed by atoms with Crippen molar-refractivity contribution in [2.24, 2.45) is 0 Å². The largest absolute Gasteiger partial charge is 0.493 e. The second kappa shape index (κ2) is 11.6. The number of ether oxygens (including phenoxy) is 4. The molecule has 0 fully saturated rings. The lowest BCUT2D eigenvalue weighted by Crippen LogP contribution is -2.12. The Morgan fingerprint density at radius 3 is 2.30 bits per heavy atom. The number of carbonyl (C=O) groups excluding carboxylic acids is 2. The van der Waals surface area contributed by atoms with E-state index in [-0.39, 0.29) is 18.3 Å².